The maximum Gasteiger partial charge on any atom is 0.405 e. The van der Waals surface area contributed by atoms with E-state index in [9.17, 15) is 13.2 Å². The van der Waals surface area contributed by atoms with Crippen molar-refractivity contribution >= 4 is 11.6 Å². The van der Waals surface area contributed by atoms with Crippen LogP contribution in [0.2, 0.25) is 0 Å². The predicted molar refractivity (Wildman–Crippen MR) is 58.5 cm³/mol. The third-order valence-corrected chi connectivity index (χ3v) is 2.03. The van der Waals surface area contributed by atoms with Crippen molar-refractivity contribution in [1.82, 2.24) is 9.97 Å². The number of hydrogen-bond acceptors (Lipinski definition) is 5. The molecular weight excluding hydrogens is 235 g/mol. The fourth-order valence-electron chi connectivity index (χ4n) is 1.26. The fourth-order valence-corrected chi connectivity index (χ4v) is 1.26. The van der Waals surface area contributed by atoms with Gasteiger partial charge < -0.3 is 10.3 Å². The molecule has 3 N–H and O–H groups in total. The zero-order chi connectivity index (χ0) is 13.1. The fraction of sp³-hybridized carbons (Fsp3) is 0.556. The molecular formula is C9H14F3N5. The van der Waals surface area contributed by atoms with Gasteiger partial charge in [-0.3, -0.25) is 0 Å². The first kappa shape index (κ1) is 13.5. The SMILES string of the molecule is CCc1nc(NN)cc(N(C)CC(F)(F)F)n1. The Labute approximate surface area is 96.8 Å². The maximum absolute atomic E-state index is 12.2. The highest BCUT2D eigenvalue weighted by Gasteiger charge is 2.30. The zero-order valence-corrected chi connectivity index (χ0v) is 9.54. The van der Waals surface area contributed by atoms with Gasteiger partial charge in [-0.25, -0.2) is 15.8 Å². The minimum Gasteiger partial charge on any atom is -0.350 e. The van der Waals surface area contributed by atoms with Crippen LogP contribution in [0.3, 0.4) is 0 Å². The number of aryl methyl sites for hydroxylation is 1. The summed E-state index contributed by atoms with van der Waals surface area (Å²) in [5.74, 6) is 6.10. The van der Waals surface area contributed by atoms with Gasteiger partial charge in [-0.05, 0) is 0 Å². The molecule has 0 spiro atoms. The molecule has 5 nitrogen and oxygen atoms in total. The molecule has 1 rings (SSSR count). The summed E-state index contributed by atoms with van der Waals surface area (Å²) in [5, 5.41) is 0. The molecule has 17 heavy (non-hydrogen) atoms. The van der Waals surface area contributed by atoms with Crippen LogP contribution < -0.4 is 16.2 Å². The van der Waals surface area contributed by atoms with Gasteiger partial charge in [0.15, 0.2) is 0 Å². The van der Waals surface area contributed by atoms with Crippen molar-refractivity contribution in [3.05, 3.63) is 11.9 Å². The van der Waals surface area contributed by atoms with E-state index in [0.29, 0.717) is 18.1 Å². The molecule has 0 aliphatic rings. The number of aromatic nitrogens is 2. The van der Waals surface area contributed by atoms with Crippen LogP contribution in [0.5, 0.6) is 0 Å². The van der Waals surface area contributed by atoms with Crippen molar-refractivity contribution in [2.75, 3.05) is 23.9 Å². The highest BCUT2D eigenvalue weighted by atomic mass is 19.4. The monoisotopic (exact) mass is 249 g/mol. The highest BCUT2D eigenvalue weighted by Crippen LogP contribution is 2.21. The van der Waals surface area contributed by atoms with Gasteiger partial charge in [-0.1, -0.05) is 6.92 Å². The van der Waals surface area contributed by atoms with Crippen LogP contribution in [0.15, 0.2) is 6.07 Å². The molecule has 1 aromatic rings. The second kappa shape index (κ2) is 5.17. The first-order valence-electron chi connectivity index (χ1n) is 4.98. The number of halogens is 3. The van der Waals surface area contributed by atoms with Gasteiger partial charge in [0.25, 0.3) is 0 Å². The van der Waals surface area contributed by atoms with Crippen LogP contribution in [-0.2, 0) is 6.42 Å². The maximum atomic E-state index is 12.2. The average molecular weight is 249 g/mol. The molecule has 0 fully saturated rings. The number of nitrogens with one attached hydrogen (secondary N) is 1. The van der Waals surface area contributed by atoms with Crippen molar-refractivity contribution in [1.29, 1.82) is 0 Å². The van der Waals surface area contributed by atoms with Crippen molar-refractivity contribution in [2.45, 2.75) is 19.5 Å². The Bertz CT molecular complexity index is 357. The number of hydrazine groups is 1. The number of rotatable bonds is 4. The molecule has 0 aliphatic heterocycles. The summed E-state index contributed by atoms with van der Waals surface area (Å²) in [6.45, 7) is 0.736. The van der Waals surface area contributed by atoms with E-state index in [2.05, 4.69) is 15.4 Å². The summed E-state index contributed by atoms with van der Waals surface area (Å²) in [4.78, 5) is 9.00. The molecule has 0 amide bonds. The first-order chi connectivity index (χ1) is 7.85. The average Bonchev–Trinajstić information content (AvgIpc) is 2.26. The second-order valence-corrected chi connectivity index (χ2v) is 3.50. The van der Waals surface area contributed by atoms with Gasteiger partial charge in [0, 0.05) is 19.5 Å². The Morgan fingerprint density at radius 2 is 2.06 bits per heavy atom. The van der Waals surface area contributed by atoms with Gasteiger partial charge in [0.2, 0.25) is 0 Å². The molecule has 1 heterocycles. The minimum atomic E-state index is -4.28. The molecule has 0 atom stereocenters. The third kappa shape index (κ3) is 4.06. The molecule has 0 bridgehead atoms. The first-order valence-corrected chi connectivity index (χ1v) is 4.98. The van der Waals surface area contributed by atoms with E-state index in [0.717, 1.165) is 4.90 Å². The van der Waals surface area contributed by atoms with Gasteiger partial charge >= 0.3 is 6.18 Å². The van der Waals surface area contributed by atoms with E-state index in [-0.39, 0.29) is 5.82 Å². The molecule has 8 heteroatoms. The lowest BCUT2D eigenvalue weighted by atomic mass is 10.4. The Morgan fingerprint density at radius 1 is 1.41 bits per heavy atom. The summed E-state index contributed by atoms with van der Waals surface area (Å²) in [6, 6.07) is 1.37. The van der Waals surface area contributed by atoms with E-state index in [1.54, 1.807) is 0 Å². The molecule has 1 aromatic heterocycles. The predicted octanol–water partition coefficient (Wildman–Crippen LogP) is 1.32. The van der Waals surface area contributed by atoms with E-state index in [1.807, 2.05) is 6.92 Å². The van der Waals surface area contributed by atoms with Crippen molar-refractivity contribution in [2.24, 2.45) is 5.84 Å². The number of nitrogens with zero attached hydrogens (tertiary/aromatic N) is 3. The Hall–Kier alpha value is -1.57. The van der Waals surface area contributed by atoms with Crippen LogP contribution >= 0.6 is 0 Å². The molecule has 0 saturated carbocycles. The van der Waals surface area contributed by atoms with Crippen LogP contribution in [0.1, 0.15) is 12.7 Å². The molecule has 0 aliphatic carbocycles. The van der Waals surface area contributed by atoms with Crippen LogP contribution in [0, 0.1) is 0 Å². The van der Waals surface area contributed by atoms with E-state index >= 15 is 0 Å². The number of nitrogens with two attached hydrogens (primary N) is 1. The number of nitrogen functional groups attached to an aromatic ring is 1. The van der Waals surface area contributed by atoms with Gasteiger partial charge in [0.05, 0.1) is 0 Å². The van der Waals surface area contributed by atoms with Crippen LogP contribution in [0.4, 0.5) is 24.8 Å². The molecule has 96 valence electrons. The zero-order valence-electron chi connectivity index (χ0n) is 9.54. The molecule has 0 aromatic carbocycles. The van der Waals surface area contributed by atoms with Gasteiger partial charge in [-0.2, -0.15) is 13.2 Å². The lowest BCUT2D eigenvalue weighted by molar-refractivity contribution is -0.119. The smallest absolute Gasteiger partial charge is 0.350 e. The van der Waals surface area contributed by atoms with E-state index in [4.69, 9.17) is 5.84 Å². The molecule has 0 saturated heterocycles. The summed E-state index contributed by atoms with van der Waals surface area (Å²) in [7, 11) is 1.32. The van der Waals surface area contributed by atoms with Gasteiger partial charge in [-0.15, -0.1) is 0 Å². The standard InChI is InChI=1S/C9H14F3N5/c1-3-6-14-7(16-13)4-8(15-6)17(2)5-9(10,11)12/h4H,3,5,13H2,1-2H3,(H,14,15,16). The Kier molecular flexibility index (Phi) is 4.11. The largest absolute Gasteiger partial charge is 0.405 e. The van der Waals surface area contributed by atoms with Crippen molar-refractivity contribution < 1.29 is 13.2 Å². The summed E-state index contributed by atoms with van der Waals surface area (Å²) < 4.78 is 36.7. The quantitative estimate of drug-likeness (QED) is 0.622. The Balaban J connectivity index is 2.96. The molecule has 0 unspecified atom stereocenters. The third-order valence-electron chi connectivity index (χ3n) is 2.03. The van der Waals surface area contributed by atoms with E-state index in [1.165, 1.54) is 13.1 Å². The van der Waals surface area contributed by atoms with Gasteiger partial charge in [0.1, 0.15) is 24.0 Å². The number of alkyl halides is 3. The minimum absolute atomic E-state index is 0.183. The van der Waals surface area contributed by atoms with Crippen LogP contribution in [0.25, 0.3) is 0 Å². The summed E-state index contributed by atoms with van der Waals surface area (Å²) >= 11 is 0. The van der Waals surface area contributed by atoms with E-state index < -0.39 is 12.7 Å². The number of anilines is 2. The van der Waals surface area contributed by atoms with Crippen LogP contribution in [-0.4, -0.2) is 29.7 Å². The highest BCUT2D eigenvalue weighted by molar-refractivity contribution is 5.48. The van der Waals surface area contributed by atoms with Crippen molar-refractivity contribution in [3.8, 4) is 0 Å². The lowest BCUT2D eigenvalue weighted by Crippen LogP contribution is -2.31. The van der Waals surface area contributed by atoms with Crippen molar-refractivity contribution in [3.63, 3.8) is 0 Å². The normalized spacial score (nSPS) is 11.4. The summed E-state index contributed by atoms with van der Waals surface area (Å²) in [5.41, 5.74) is 2.30. The number of hydrogen-bond donors (Lipinski definition) is 2. The Morgan fingerprint density at radius 3 is 2.53 bits per heavy atom. The molecule has 0 radical (unpaired) electrons. The topological polar surface area (TPSA) is 67.1 Å². The summed E-state index contributed by atoms with van der Waals surface area (Å²) in [6.07, 6.45) is -3.76. The second-order valence-electron chi connectivity index (χ2n) is 3.50. The lowest BCUT2D eigenvalue weighted by Gasteiger charge is -2.20.